The van der Waals surface area contributed by atoms with Crippen LogP contribution in [0.1, 0.15) is 36.5 Å². The zero-order valence-corrected chi connectivity index (χ0v) is 12.5. The van der Waals surface area contributed by atoms with Crippen LogP contribution >= 0.6 is 11.6 Å². The molecule has 2 N–H and O–H groups in total. The van der Waals surface area contributed by atoms with Crippen LogP contribution in [-0.2, 0) is 4.79 Å². The monoisotopic (exact) mass is 294 g/mol. The molecule has 0 saturated heterocycles. The number of Topliss-reactive ketones (excluding diaryl/α,β-unsaturated/α-hetero) is 1. The van der Waals surface area contributed by atoms with Gasteiger partial charge in [-0.25, -0.2) is 0 Å². The molecule has 2 unspecified atom stereocenters. The van der Waals surface area contributed by atoms with Crippen LogP contribution in [-0.4, -0.2) is 24.8 Å². The lowest BCUT2D eigenvalue weighted by Gasteiger charge is -2.22. The van der Waals surface area contributed by atoms with Gasteiger partial charge in [0.2, 0.25) is 5.91 Å². The van der Waals surface area contributed by atoms with Crippen molar-refractivity contribution in [3.63, 3.8) is 0 Å². The van der Waals surface area contributed by atoms with Crippen molar-refractivity contribution in [1.29, 1.82) is 0 Å². The molecule has 1 aliphatic carbocycles. The molecule has 1 amide bonds. The first-order chi connectivity index (χ1) is 9.54. The van der Waals surface area contributed by atoms with Crippen LogP contribution in [0.5, 0.6) is 0 Å². The number of carbonyl (C=O) groups excluding carboxylic acids is 2. The summed E-state index contributed by atoms with van der Waals surface area (Å²) in [6.07, 6.45) is 2.79. The minimum Gasteiger partial charge on any atom is -0.381 e. The standard InChI is InChI=1S/C15H19ClN2O2/c1-9(19)14-11(16)6-4-8-13(14)18-12-7-3-5-10(12)15(20)17-2/h4,6,8,10,12,18H,3,5,7H2,1-2H3,(H,17,20). The molecule has 5 heteroatoms. The van der Waals surface area contributed by atoms with Crippen molar-refractivity contribution in [3.05, 3.63) is 28.8 Å². The summed E-state index contributed by atoms with van der Waals surface area (Å²) in [7, 11) is 1.65. The first-order valence-corrected chi connectivity index (χ1v) is 7.20. The SMILES string of the molecule is CNC(=O)C1CCCC1Nc1cccc(Cl)c1C(C)=O. The maximum atomic E-state index is 11.9. The Balaban J connectivity index is 2.24. The van der Waals surface area contributed by atoms with Crippen LogP contribution in [0.15, 0.2) is 18.2 Å². The summed E-state index contributed by atoms with van der Waals surface area (Å²) in [5.41, 5.74) is 1.21. The molecule has 0 aromatic heterocycles. The normalized spacial score (nSPS) is 21.6. The van der Waals surface area contributed by atoms with E-state index in [1.54, 1.807) is 19.2 Å². The summed E-state index contributed by atoms with van der Waals surface area (Å²) in [6, 6.07) is 5.39. The van der Waals surface area contributed by atoms with E-state index < -0.39 is 0 Å². The largest absolute Gasteiger partial charge is 0.381 e. The fourth-order valence-corrected chi connectivity index (χ4v) is 3.14. The van der Waals surface area contributed by atoms with E-state index in [9.17, 15) is 9.59 Å². The van der Waals surface area contributed by atoms with Crippen molar-refractivity contribution in [2.75, 3.05) is 12.4 Å². The number of halogens is 1. The second-order valence-corrected chi connectivity index (χ2v) is 5.53. The van der Waals surface area contributed by atoms with Gasteiger partial charge in [0, 0.05) is 18.8 Å². The maximum absolute atomic E-state index is 11.9. The Morgan fingerprint density at radius 3 is 2.70 bits per heavy atom. The molecular formula is C15H19ClN2O2. The molecule has 2 rings (SSSR count). The van der Waals surface area contributed by atoms with Gasteiger partial charge in [-0.1, -0.05) is 24.1 Å². The number of hydrogen-bond donors (Lipinski definition) is 2. The minimum atomic E-state index is -0.0763. The van der Waals surface area contributed by atoms with Crippen molar-refractivity contribution in [1.82, 2.24) is 5.32 Å². The highest BCUT2D eigenvalue weighted by molar-refractivity contribution is 6.34. The molecule has 0 spiro atoms. The molecule has 0 bridgehead atoms. The lowest BCUT2D eigenvalue weighted by molar-refractivity contribution is -0.124. The fourth-order valence-electron chi connectivity index (χ4n) is 2.83. The fraction of sp³-hybridized carbons (Fsp3) is 0.467. The van der Waals surface area contributed by atoms with Crippen LogP contribution in [0, 0.1) is 5.92 Å². The number of amides is 1. The highest BCUT2D eigenvalue weighted by Gasteiger charge is 2.32. The number of ketones is 1. The minimum absolute atomic E-state index is 0.0476. The zero-order valence-electron chi connectivity index (χ0n) is 11.7. The molecule has 0 aliphatic heterocycles. The first kappa shape index (κ1) is 14.9. The van der Waals surface area contributed by atoms with Crippen molar-refractivity contribution < 1.29 is 9.59 Å². The topological polar surface area (TPSA) is 58.2 Å². The highest BCUT2D eigenvalue weighted by atomic mass is 35.5. The van der Waals surface area contributed by atoms with E-state index in [1.165, 1.54) is 6.92 Å². The lowest BCUT2D eigenvalue weighted by Crippen LogP contribution is -2.36. The highest BCUT2D eigenvalue weighted by Crippen LogP contribution is 2.32. The number of nitrogens with one attached hydrogen (secondary N) is 2. The summed E-state index contributed by atoms with van der Waals surface area (Å²) in [5, 5.41) is 6.47. The van der Waals surface area contributed by atoms with Gasteiger partial charge in [-0.05, 0) is 31.9 Å². The number of carbonyl (C=O) groups is 2. The van der Waals surface area contributed by atoms with E-state index in [-0.39, 0.29) is 23.7 Å². The molecule has 1 aromatic rings. The molecule has 1 saturated carbocycles. The number of anilines is 1. The molecular weight excluding hydrogens is 276 g/mol. The van der Waals surface area contributed by atoms with Crippen LogP contribution in [0.4, 0.5) is 5.69 Å². The van der Waals surface area contributed by atoms with Gasteiger partial charge in [-0.2, -0.15) is 0 Å². The molecule has 1 aromatic carbocycles. The predicted octanol–water partition coefficient (Wildman–Crippen LogP) is 2.87. The molecule has 2 atom stereocenters. The van der Waals surface area contributed by atoms with E-state index in [0.717, 1.165) is 19.3 Å². The third-order valence-corrected chi connectivity index (χ3v) is 4.12. The van der Waals surface area contributed by atoms with Crippen molar-refractivity contribution >= 4 is 29.0 Å². The Labute approximate surface area is 123 Å². The smallest absolute Gasteiger partial charge is 0.224 e. The Kier molecular flexibility index (Phi) is 4.65. The lowest BCUT2D eigenvalue weighted by atomic mass is 10.0. The zero-order chi connectivity index (χ0) is 14.7. The van der Waals surface area contributed by atoms with Gasteiger partial charge >= 0.3 is 0 Å². The van der Waals surface area contributed by atoms with Gasteiger partial charge in [0.25, 0.3) is 0 Å². The van der Waals surface area contributed by atoms with E-state index >= 15 is 0 Å². The average Bonchev–Trinajstić information content (AvgIpc) is 2.85. The van der Waals surface area contributed by atoms with Gasteiger partial charge in [-0.3, -0.25) is 9.59 Å². The van der Waals surface area contributed by atoms with Crippen molar-refractivity contribution in [2.45, 2.75) is 32.2 Å². The van der Waals surface area contributed by atoms with E-state index in [4.69, 9.17) is 11.6 Å². The number of hydrogen-bond acceptors (Lipinski definition) is 3. The summed E-state index contributed by atoms with van der Waals surface area (Å²) in [6.45, 7) is 1.50. The second-order valence-electron chi connectivity index (χ2n) is 5.12. The van der Waals surface area contributed by atoms with Gasteiger partial charge in [-0.15, -0.1) is 0 Å². The molecule has 20 heavy (non-hydrogen) atoms. The first-order valence-electron chi connectivity index (χ1n) is 6.82. The third-order valence-electron chi connectivity index (χ3n) is 3.81. The average molecular weight is 295 g/mol. The predicted molar refractivity (Wildman–Crippen MR) is 80.3 cm³/mol. The molecule has 4 nitrogen and oxygen atoms in total. The van der Waals surface area contributed by atoms with Crippen LogP contribution in [0.25, 0.3) is 0 Å². The third kappa shape index (κ3) is 2.96. The summed E-state index contributed by atoms with van der Waals surface area (Å²) >= 11 is 6.10. The van der Waals surface area contributed by atoms with Gasteiger partial charge in [0.1, 0.15) is 0 Å². The van der Waals surface area contributed by atoms with Crippen LogP contribution in [0.2, 0.25) is 5.02 Å². The van der Waals surface area contributed by atoms with Crippen molar-refractivity contribution in [2.24, 2.45) is 5.92 Å². The second kappa shape index (κ2) is 6.27. The number of rotatable bonds is 4. The molecule has 108 valence electrons. The van der Waals surface area contributed by atoms with Crippen LogP contribution in [0.3, 0.4) is 0 Å². The molecule has 0 radical (unpaired) electrons. The molecule has 0 heterocycles. The van der Waals surface area contributed by atoms with Crippen LogP contribution < -0.4 is 10.6 Å². The summed E-state index contributed by atoms with van der Waals surface area (Å²) in [5.74, 6) is -0.0854. The van der Waals surface area contributed by atoms with Crippen molar-refractivity contribution in [3.8, 4) is 0 Å². The van der Waals surface area contributed by atoms with Gasteiger partial charge < -0.3 is 10.6 Å². The molecule has 1 aliphatic rings. The van der Waals surface area contributed by atoms with Gasteiger partial charge in [0.05, 0.1) is 16.5 Å². The Morgan fingerprint density at radius 2 is 2.05 bits per heavy atom. The Morgan fingerprint density at radius 1 is 1.30 bits per heavy atom. The number of benzene rings is 1. The molecule has 1 fully saturated rings. The van der Waals surface area contributed by atoms with E-state index in [0.29, 0.717) is 16.3 Å². The maximum Gasteiger partial charge on any atom is 0.224 e. The summed E-state index contributed by atoms with van der Waals surface area (Å²) in [4.78, 5) is 23.6. The Bertz CT molecular complexity index is 531. The summed E-state index contributed by atoms with van der Waals surface area (Å²) < 4.78 is 0. The van der Waals surface area contributed by atoms with E-state index in [1.807, 2.05) is 6.07 Å². The Hall–Kier alpha value is -1.55. The van der Waals surface area contributed by atoms with E-state index in [2.05, 4.69) is 10.6 Å². The quantitative estimate of drug-likeness (QED) is 0.840. The van der Waals surface area contributed by atoms with Gasteiger partial charge in [0.15, 0.2) is 5.78 Å².